The van der Waals surface area contributed by atoms with E-state index >= 15 is 0 Å². The summed E-state index contributed by atoms with van der Waals surface area (Å²) in [7, 11) is -2.02. The van der Waals surface area contributed by atoms with Crippen LogP contribution in [0.3, 0.4) is 0 Å². The minimum atomic E-state index is -5.34. The topological polar surface area (TPSA) is 135 Å². The number of carbonyl (C=O) groups is 3. The molecule has 1 atom stereocenters. The Morgan fingerprint density at radius 3 is 1.38 bits per heavy atom. The van der Waals surface area contributed by atoms with E-state index in [-0.39, 0.29) is 6.42 Å². The first-order chi connectivity index (χ1) is 21.9. The second kappa shape index (κ2) is 20.5. The summed E-state index contributed by atoms with van der Waals surface area (Å²) < 4.78 is 76.4. The molecule has 0 heterocycles. The van der Waals surface area contributed by atoms with Crippen LogP contribution in [0.5, 0.6) is 5.75 Å². The first kappa shape index (κ1) is 46.3. The highest BCUT2D eigenvalue weighted by atomic mass is 32.2. The van der Waals surface area contributed by atoms with E-state index in [4.69, 9.17) is 18.9 Å². The summed E-state index contributed by atoms with van der Waals surface area (Å²) in [5, 5.41) is 0. The quantitative estimate of drug-likeness (QED) is 0.127. The Balaban J connectivity index is 0. The van der Waals surface area contributed by atoms with Crippen LogP contribution in [0, 0.1) is 13.8 Å². The molecule has 0 fully saturated rings. The summed E-state index contributed by atoms with van der Waals surface area (Å²) in [6.07, 6.45) is -1.86. The molecule has 0 bridgehead atoms. The summed E-state index contributed by atoms with van der Waals surface area (Å²) in [5.74, 6) is 0.179. The molecule has 0 spiro atoms. The van der Waals surface area contributed by atoms with Gasteiger partial charge >= 0.3 is 33.8 Å². The van der Waals surface area contributed by atoms with Crippen molar-refractivity contribution in [3.63, 3.8) is 0 Å². The standard InChI is InChI=1S/C21H31NO6.C8H10O.C2H3F3O3S.C2H6/c1-14-9-11-15(12-10-14)13-16(17(23)26-8)22(18(24)27-20(2,3)4)19(25)28-21(5,6)7;1-7-3-5-8(9-2)6-4-7;1-8-9(6,7)2(3,4)5;1-2/h9-12,16H,13H2,1-8H3;3-6H,1-2H3;1H3;1-2H3/t16-;;;/m0.../s1. The summed E-state index contributed by atoms with van der Waals surface area (Å²) in [6.45, 7) is 18.0. The van der Waals surface area contributed by atoms with Crippen LogP contribution in [0.1, 0.15) is 72.1 Å². The van der Waals surface area contributed by atoms with Gasteiger partial charge in [0.1, 0.15) is 23.0 Å². The van der Waals surface area contributed by atoms with Gasteiger partial charge in [-0.25, -0.2) is 14.4 Å². The minimum Gasteiger partial charge on any atom is -0.497 e. The first-order valence-electron chi connectivity index (χ1n) is 14.7. The van der Waals surface area contributed by atoms with E-state index in [1.807, 2.05) is 69.3 Å². The minimum absolute atomic E-state index is 0.0748. The highest BCUT2D eigenvalue weighted by Crippen LogP contribution is 2.23. The highest BCUT2D eigenvalue weighted by molar-refractivity contribution is 7.87. The fraction of sp³-hybridized carbons (Fsp3) is 0.545. The number of benzene rings is 2. The predicted octanol–water partition coefficient (Wildman–Crippen LogP) is 7.76. The lowest BCUT2D eigenvalue weighted by Gasteiger charge is -2.32. The van der Waals surface area contributed by atoms with Crippen LogP contribution in [0.2, 0.25) is 0 Å². The number of aryl methyl sites for hydroxylation is 2. The van der Waals surface area contributed by atoms with Crippen molar-refractivity contribution in [3.05, 3.63) is 65.2 Å². The number of alkyl halides is 3. The van der Waals surface area contributed by atoms with E-state index in [2.05, 4.69) is 11.1 Å². The zero-order chi connectivity index (χ0) is 38.1. The molecule has 0 aliphatic rings. The fourth-order valence-corrected chi connectivity index (χ4v) is 3.27. The van der Waals surface area contributed by atoms with E-state index in [1.54, 1.807) is 48.7 Å². The first-order valence-corrected chi connectivity index (χ1v) is 16.1. The van der Waals surface area contributed by atoms with Crippen molar-refractivity contribution >= 4 is 28.3 Å². The van der Waals surface area contributed by atoms with Crippen molar-refractivity contribution in [2.24, 2.45) is 0 Å². The molecule has 0 radical (unpaired) electrons. The zero-order valence-corrected chi connectivity index (χ0v) is 30.8. The molecule has 0 saturated heterocycles. The van der Waals surface area contributed by atoms with Gasteiger partial charge in [0, 0.05) is 6.42 Å². The van der Waals surface area contributed by atoms with Crippen molar-refractivity contribution in [3.8, 4) is 5.75 Å². The molecule has 2 amide bonds. The van der Waals surface area contributed by atoms with Crippen LogP contribution in [0.4, 0.5) is 22.8 Å². The number of amides is 2. The zero-order valence-electron chi connectivity index (χ0n) is 30.0. The Hall–Kier alpha value is -3.85. The summed E-state index contributed by atoms with van der Waals surface area (Å²) in [6, 6.07) is 14.2. The van der Waals surface area contributed by atoms with Crippen LogP contribution >= 0.6 is 0 Å². The number of carbonyl (C=O) groups excluding carboxylic acids is 3. The predicted molar refractivity (Wildman–Crippen MR) is 176 cm³/mol. The molecular formula is C33H50F3NO10S. The molecular weight excluding hydrogens is 659 g/mol. The average Bonchev–Trinajstić information content (AvgIpc) is 2.97. The molecule has 0 unspecified atom stereocenters. The monoisotopic (exact) mass is 709 g/mol. The van der Waals surface area contributed by atoms with Gasteiger partial charge in [-0.2, -0.15) is 26.5 Å². The van der Waals surface area contributed by atoms with Crippen molar-refractivity contribution in [1.82, 2.24) is 4.90 Å². The summed E-state index contributed by atoms with van der Waals surface area (Å²) >= 11 is 0. The Kier molecular flexibility index (Phi) is 19.8. The largest absolute Gasteiger partial charge is 0.523 e. The van der Waals surface area contributed by atoms with Gasteiger partial charge in [0.2, 0.25) is 0 Å². The third-order valence-corrected chi connectivity index (χ3v) is 6.28. The normalized spacial score (nSPS) is 11.8. The number of hydrogen-bond acceptors (Lipinski definition) is 10. The van der Waals surface area contributed by atoms with E-state index in [1.165, 1.54) is 12.7 Å². The number of esters is 1. The maximum Gasteiger partial charge on any atom is 0.523 e. The van der Waals surface area contributed by atoms with E-state index in [0.29, 0.717) is 12.0 Å². The molecule has 0 saturated carbocycles. The van der Waals surface area contributed by atoms with Crippen LogP contribution in [-0.2, 0) is 39.7 Å². The van der Waals surface area contributed by atoms with Gasteiger partial charge in [0.25, 0.3) is 0 Å². The third kappa shape index (κ3) is 18.5. The van der Waals surface area contributed by atoms with Crippen molar-refractivity contribution in [2.75, 3.05) is 21.3 Å². The molecule has 0 aliphatic heterocycles. The highest BCUT2D eigenvalue weighted by Gasteiger charge is 2.46. The van der Waals surface area contributed by atoms with E-state index in [0.717, 1.165) is 16.9 Å². The van der Waals surface area contributed by atoms with Crippen LogP contribution < -0.4 is 4.74 Å². The number of rotatable bonds is 6. The van der Waals surface area contributed by atoms with Crippen LogP contribution in [-0.4, -0.2) is 75.6 Å². The van der Waals surface area contributed by atoms with Crippen molar-refractivity contribution < 1.29 is 59.1 Å². The average molecular weight is 710 g/mol. The molecule has 0 aromatic heterocycles. The van der Waals surface area contributed by atoms with Gasteiger partial charge in [0.15, 0.2) is 0 Å². The molecule has 2 aromatic carbocycles. The van der Waals surface area contributed by atoms with Gasteiger partial charge in [-0.1, -0.05) is 61.4 Å². The lowest BCUT2D eigenvalue weighted by atomic mass is 10.0. The number of methoxy groups -OCH3 is 2. The molecule has 2 aromatic rings. The second-order valence-corrected chi connectivity index (χ2v) is 13.3. The van der Waals surface area contributed by atoms with Gasteiger partial charge in [0.05, 0.1) is 21.3 Å². The number of ether oxygens (including phenoxy) is 4. The SMILES string of the molecule is CC.COC(=O)[C@H](Cc1ccc(C)cc1)N(C(=O)OC(C)(C)C)C(=O)OC(C)(C)C.COS(=O)(=O)C(F)(F)F.COc1ccc(C)cc1. The smallest absolute Gasteiger partial charge is 0.497 e. The van der Waals surface area contributed by atoms with Crippen molar-refractivity contribution in [1.29, 1.82) is 0 Å². The Bertz CT molecular complexity index is 1340. The lowest BCUT2D eigenvalue weighted by molar-refractivity contribution is -0.146. The Morgan fingerprint density at radius 2 is 1.10 bits per heavy atom. The number of imide groups is 1. The van der Waals surface area contributed by atoms with Crippen LogP contribution in [0.25, 0.3) is 0 Å². The molecule has 15 heteroatoms. The number of hydrogen-bond donors (Lipinski definition) is 0. The Labute approximate surface area is 282 Å². The van der Waals surface area contributed by atoms with Crippen LogP contribution in [0.15, 0.2) is 48.5 Å². The molecule has 2 rings (SSSR count). The van der Waals surface area contributed by atoms with E-state index in [9.17, 15) is 36.0 Å². The number of nitrogens with zero attached hydrogens (tertiary/aromatic N) is 1. The Morgan fingerprint density at radius 1 is 0.729 bits per heavy atom. The van der Waals surface area contributed by atoms with Crippen molar-refractivity contribution in [2.45, 2.75) is 98.4 Å². The van der Waals surface area contributed by atoms with Gasteiger partial charge < -0.3 is 18.9 Å². The van der Waals surface area contributed by atoms with E-state index < -0.39 is 51.0 Å². The van der Waals surface area contributed by atoms with Gasteiger partial charge in [-0.05, 0) is 73.1 Å². The van der Waals surface area contributed by atoms with Gasteiger partial charge in [-0.15, -0.1) is 0 Å². The number of halogens is 3. The molecule has 11 nitrogen and oxygen atoms in total. The summed E-state index contributed by atoms with van der Waals surface area (Å²) in [4.78, 5) is 38.8. The maximum atomic E-state index is 12.8. The molecule has 274 valence electrons. The second-order valence-electron chi connectivity index (χ2n) is 11.6. The molecule has 0 aliphatic carbocycles. The lowest BCUT2D eigenvalue weighted by Crippen LogP contribution is -2.53. The third-order valence-electron chi connectivity index (χ3n) is 5.27. The maximum absolute atomic E-state index is 12.8. The van der Waals surface area contributed by atoms with Gasteiger partial charge in [-0.3, -0.25) is 4.18 Å². The fourth-order valence-electron chi connectivity index (χ4n) is 3.08. The molecule has 48 heavy (non-hydrogen) atoms. The molecule has 0 N–H and O–H groups in total. The summed E-state index contributed by atoms with van der Waals surface area (Å²) in [5.41, 5.74) is -3.95.